The van der Waals surface area contributed by atoms with Crippen molar-refractivity contribution < 1.29 is 79.8 Å². The highest BCUT2D eigenvalue weighted by Crippen LogP contribution is 2.30. The lowest BCUT2D eigenvalue weighted by Gasteiger charge is -2.46. The molecule has 0 aromatic carbocycles. The van der Waals surface area contributed by atoms with E-state index < -0.39 is 94.6 Å². The average molecular weight is 515 g/mol. The number of aliphatic hydroxyl groups is 5. The van der Waals surface area contributed by atoms with Crippen LogP contribution in [0.25, 0.3) is 0 Å². The molecule has 0 spiro atoms. The van der Waals surface area contributed by atoms with Gasteiger partial charge in [0.1, 0.15) is 36.6 Å². The van der Waals surface area contributed by atoms with Gasteiger partial charge in [-0.2, -0.15) is 21.6 Å². The zero-order valence-corrected chi connectivity index (χ0v) is 17.2. The predicted molar refractivity (Wildman–Crippen MR) is 92.0 cm³/mol. The zero-order chi connectivity index (χ0) is 24.6. The normalized spacial score (nSPS) is 41.3. The van der Waals surface area contributed by atoms with Crippen LogP contribution in [-0.2, 0) is 43.9 Å². The largest absolute Gasteiger partial charge is 0.479 e. The number of carboxylic acids is 1. The van der Waals surface area contributed by atoms with E-state index in [2.05, 4.69) is 8.92 Å². The van der Waals surface area contributed by atoms with E-state index in [-0.39, 0.29) is 0 Å². The van der Waals surface area contributed by atoms with Crippen molar-refractivity contribution in [2.24, 2.45) is 0 Å². The molecule has 1 unspecified atom stereocenters. The summed E-state index contributed by atoms with van der Waals surface area (Å²) in [6, 6.07) is -2.06. The standard InChI is InChI=1S/C12H21NO17S2/c14-1-2-4(15)5(16)3(13-31(21,22)23)12(27-2)29-7-6(17)8(30-32(24,25)26)11(20)28-9(7)10(18)19/h2-9,11-17,20H,1H2,(H,18,19)(H,21,22,23)(H,24,25,26)/t2-,3-,4-,5-,6+,7+,8-,9-,11?,12-/m1/s1. The van der Waals surface area contributed by atoms with Crippen molar-refractivity contribution in [1.29, 1.82) is 0 Å². The van der Waals surface area contributed by atoms with Crippen LogP contribution in [0.5, 0.6) is 0 Å². The summed E-state index contributed by atoms with van der Waals surface area (Å²) >= 11 is 0. The fourth-order valence-corrected chi connectivity index (χ4v) is 4.17. The number of aliphatic hydroxyl groups excluding tert-OH is 5. The van der Waals surface area contributed by atoms with Crippen molar-refractivity contribution in [3.63, 3.8) is 0 Å². The first-order valence-corrected chi connectivity index (χ1v) is 11.3. The van der Waals surface area contributed by atoms with Crippen molar-refractivity contribution in [3.8, 4) is 0 Å². The summed E-state index contributed by atoms with van der Waals surface area (Å²) in [5.74, 6) is -1.88. The molecule has 32 heavy (non-hydrogen) atoms. The molecule has 0 radical (unpaired) electrons. The van der Waals surface area contributed by atoms with Crippen molar-refractivity contribution in [3.05, 3.63) is 0 Å². The Labute approximate surface area is 179 Å². The molecule has 2 aliphatic rings. The summed E-state index contributed by atoms with van der Waals surface area (Å²) < 4.78 is 82.5. The van der Waals surface area contributed by atoms with Gasteiger partial charge in [0.2, 0.25) is 0 Å². The monoisotopic (exact) mass is 515 g/mol. The molecule has 0 aromatic rings. The second-order valence-corrected chi connectivity index (χ2v) is 8.92. The Morgan fingerprint density at radius 1 is 0.938 bits per heavy atom. The number of rotatable bonds is 8. The Morgan fingerprint density at radius 2 is 1.53 bits per heavy atom. The lowest BCUT2D eigenvalue weighted by Crippen LogP contribution is -2.68. The highest BCUT2D eigenvalue weighted by atomic mass is 32.3. The number of carboxylic acid groups (broad SMARTS) is 1. The van der Waals surface area contributed by atoms with Gasteiger partial charge in [0.05, 0.1) is 6.61 Å². The molecule has 0 amide bonds. The molecule has 10 atom stereocenters. The van der Waals surface area contributed by atoms with Gasteiger partial charge in [-0.1, -0.05) is 0 Å². The Kier molecular flexibility index (Phi) is 8.50. The first-order chi connectivity index (χ1) is 14.6. The molecule has 2 rings (SSSR count). The van der Waals surface area contributed by atoms with Gasteiger partial charge >= 0.3 is 26.7 Å². The number of nitrogens with one attached hydrogen (secondary N) is 1. The molecular formula is C12H21NO17S2. The van der Waals surface area contributed by atoms with E-state index in [0.717, 1.165) is 0 Å². The molecular weight excluding hydrogens is 494 g/mol. The summed E-state index contributed by atoms with van der Waals surface area (Å²) in [5, 5.41) is 58.7. The van der Waals surface area contributed by atoms with Gasteiger partial charge in [0, 0.05) is 0 Å². The topological polar surface area (TPSA) is 296 Å². The number of hydrogen-bond donors (Lipinski definition) is 9. The Balaban J connectivity index is 2.40. The third kappa shape index (κ3) is 6.48. The lowest BCUT2D eigenvalue weighted by molar-refractivity contribution is -0.332. The van der Waals surface area contributed by atoms with E-state index in [1.54, 1.807) is 0 Å². The summed E-state index contributed by atoms with van der Waals surface area (Å²) in [5.41, 5.74) is 0. The molecule has 2 aliphatic heterocycles. The fourth-order valence-electron chi connectivity index (χ4n) is 3.09. The van der Waals surface area contributed by atoms with E-state index in [4.69, 9.17) is 18.6 Å². The third-order valence-corrected chi connectivity index (χ3v) is 5.51. The molecule has 9 N–H and O–H groups in total. The maximum Gasteiger partial charge on any atom is 0.397 e. The summed E-state index contributed by atoms with van der Waals surface area (Å²) in [6.07, 6.45) is -19.5. The SMILES string of the molecule is O=C(O)[C@@H]1OC(O)[C@H](OS(=O)(=O)O)[C@@H](O)[C@@H]1O[C@H]1O[C@H](CO)[C@@H](O)[C@H](O)[C@H]1NS(=O)(=O)O. The maximum atomic E-state index is 11.5. The molecule has 2 saturated heterocycles. The minimum atomic E-state index is -5.31. The number of hydrogen-bond acceptors (Lipinski definition) is 14. The number of carbonyl (C=O) groups is 1. The van der Waals surface area contributed by atoms with Crippen molar-refractivity contribution in [2.75, 3.05) is 6.61 Å². The Morgan fingerprint density at radius 3 is 2.00 bits per heavy atom. The van der Waals surface area contributed by atoms with Crippen molar-refractivity contribution in [1.82, 2.24) is 4.72 Å². The average Bonchev–Trinajstić information content (AvgIpc) is 2.64. The molecule has 188 valence electrons. The molecule has 0 aliphatic carbocycles. The van der Waals surface area contributed by atoms with Crippen LogP contribution in [0.4, 0.5) is 0 Å². The van der Waals surface area contributed by atoms with Gasteiger partial charge < -0.3 is 44.8 Å². The van der Waals surface area contributed by atoms with Crippen LogP contribution in [0.1, 0.15) is 0 Å². The Bertz CT molecular complexity index is 878. The number of aliphatic carboxylic acids is 1. The first kappa shape index (κ1) is 27.1. The van der Waals surface area contributed by atoms with E-state index in [1.807, 2.05) is 0 Å². The van der Waals surface area contributed by atoms with Crippen LogP contribution >= 0.6 is 0 Å². The fraction of sp³-hybridized carbons (Fsp3) is 0.917. The van der Waals surface area contributed by atoms with Crippen molar-refractivity contribution >= 4 is 26.7 Å². The third-order valence-electron chi connectivity index (χ3n) is 4.47. The summed E-state index contributed by atoms with van der Waals surface area (Å²) in [7, 11) is -10.4. The van der Waals surface area contributed by atoms with Crippen molar-refractivity contribution in [2.45, 2.75) is 61.3 Å². The minimum absolute atomic E-state index is 0.962. The molecule has 2 heterocycles. The van der Waals surface area contributed by atoms with Gasteiger partial charge in [-0.15, -0.1) is 0 Å². The molecule has 0 aromatic heterocycles. The quantitative estimate of drug-likeness (QED) is 0.136. The van der Waals surface area contributed by atoms with Crippen LogP contribution in [0.3, 0.4) is 0 Å². The van der Waals surface area contributed by atoms with Crippen LogP contribution in [-0.4, -0.2) is 131 Å². The van der Waals surface area contributed by atoms with Gasteiger partial charge in [0.15, 0.2) is 24.8 Å². The highest BCUT2D eigenvalue weighted by Gasteiger charge is 2.54. The van der Waals surface area contributed by atoms with Gasteiger partial charge in [-0.05, 0) is 0 Å². The van der Waals surface area contributed by atoms with E-state index in [0.29, 0.717) is 0 Å². The molecule has 20 heteroatoms. The smallest absolute Gasteiger partial charge is 0.397 e. The van der Waals surface area contributed by atoms with Gasteiger partial charge in [-0.3, -0.25) is 9.11 Å². The lowest BCUT2D eigenvalue weighted by atomic mass is 9.96. The van der Waals surface area contributed by atoms with E-state index in [1.165, 1.54) is 4.72 Å². The second kappa shape index (κ2) is 10.0. The van der Waals surface area contributed by atoms with Crippen LogP contribution in [0.15, 0.2) is 0 Å². The highest BCUT2D eigenvalue weighted by molar-refractivity contribution is 7.83. The van der Waals surface area contributed by atoms with E-state index in [9.17, 15) is 52.3 Å². The maximum absolute atomic E-state index is 11.5. The van der Waals surface area contributed by atoms with Crippen LogP contribution in [0, 0.1) is 0 Å². The Hall–Kier alpha value is -1.11. The summed E-state index contributed by atoms with van der Waals surface area (Å²) in [6.45, 7) is -0.962. The number of ether oxygens (including phenoxy) is 3. The minimum Gasteiger partial charge on any atom is -0.479 e. The van der Waals surface area contributed by atoms with Crippen LogP contribution in [0.2, 0.25) is 0 Å². The van der Waals surface area contributed by atoms with E-state index >= 15 is 0 Å². The second-order valence-electron chi connectivity index (χ2n) is 6.69. The van der Waals surface area contributed by atoms with Crippen LogP contribution < -0.4 is 4.72 Å². The molecule has 2 fully saturated rings. The molecule has 0 saturated carbocycles. The summed E-state index contributed by atoms with van der Waals surface area (Å²) in [4.78, 5) is 11.5. The molecule has 18 nitrogen and oxygen atoms in total. The van der Waals surface area contributed by atoms with Gasteiger partial charge in [0.25, 0.3) is 0 Å². The van der Waals surface area contributed by atoms with Gasteiger partial charge in [-0.25, -0.2) is 8.98 Å². The zero-order valence-electron chi connectivity index (χ0n) is 15.5. The predicted octanol–water partition coefficient (Wildman–Crippen LogP) is -6.08. The first-order valence-electron chi connectivity index (χ1n) is 8.48. The molecule has 0 bridgehead atoms.